The number of rotatable bonds is 4. The molecular weight excluding hydrogens is 276 g/mol. The first kappa shape index (κ1) is 16.1. The fourth-order valence-corrected chi connectivity index (χ4v) is 4.53. The predicted molar refractivity (Wildman–Crippen MR) is 87.7 cm³/mol. The summed E-state index contributed by atoms with van der Waals surface area (Å²) < 4.78 is 5.43. The molecule has 0 spiro atoms. The molecule has 2 heterocycles. The van der Waals surface area contributed by atoms with E-state index in [1.54, 1.807) is 0 Å². The van der Waals surface area contributed by atoms with Gasteiger partial charge in [0.15, 0.2) is 0 Å². The van der Waals surface area contributed by atoms with Crippen molar-refractivity contribution < 1.29 is 9.53 Å². The number of amides is 2. The molecule has 0 aromatic heterocycles. The Balaban J connectivity index is 1.40. The van der Waals surface area contributed by atoms with Crippen molar-refractivity contribution >= 4 is 6.03 Å². The van der Waals surface area contributed by atoms with Crippen LogP contribution in [0.3, 0.4) is 0 Å². The molecule has 4 nitrogen and oxygen atoms in total. The number of hydrogen-bond acceptors (Lipinski definition) is 2. The van der Waals surface area contributed by atoms with Gasteiger partial charge in [0.1, 0.15) is 0 Å². The van der Waals surface area contributed by atoms with Crippen LogP contribution in [0, 0.1) is 28.6 Å². The summed E-state index contributed by atoms with van der Waals surface area (Å²) in [7, 11) is 0. The minimum absolute atomic E-state index is 0.142. The number of carbonyl (C=O) groups is 1. The van der Waals surface area contributed by atoms with E-state index < -0.39 is 0 Å². The van der Waals surface area contributed by atoms with Crippen LogP contribution in [0.1, 0.15) is 47.0 Å². The number of urea groups is 1. The van der Waals surface area contributed by atoms with Crippen molar-refractivity contribution in [2.24, 2.45) is 28.6 Å². The van der Waals surface area contributed by atoms with Crippen LogP contribution in [-0.2, 0) is 4.74 Å². The van der Waals surface area contributed by atoms with Gasteiger partial charge >= 0.3 is 6.03 Å². The number of nitrogens with zero attached hydrogens (tertiary/aromatic N) is 1. The highest BCUT2D eigenvalue weighted by Crippen LogP contribution is 2.61. The summed E-state index contributed by atoms with van der Waals surface area (Å²) in [5, 5.41) is 3.18. The van der Waals surface area contributed by atoms with Crippen LogP contribution in [0.2, 0.25) is 0 Å². The zero-order valence-corrected chi connectivity index (χ0v) is 14.7. The maximum atomic E-state index is 12.4. The van der Waals surface area contributed by atoms with Gasteiger partial charge in [0, 0.05) is 32.8 Å². The van der Waals surface area contributed by atoms with Crippen LogP contribution < -0.4 is 5.32 Å². The summed E-state index contributed by atoms with van der Waals surface area (Å²) in [5.41, 5.74) is 0.638. The minimum atomic E-state index is 0.142. The first-order chi connectivity index (χ1) is 10.3. The largest absolute Gasteiger partial charge is 0.381 e. The maximum Gasteiger partial charge on any atom is 0.317 e. The molecule has 3 aliphatic rings. The summed E-state index contributed by atoms with van der Waals surface area (Å²) >= 11 is 0. The molecule has 2 atom stereocenters. The van der Waals surface area contributed by atoms with E-state index >= 15 is 0 Å². The van der Waals surface area contributed by atoms with Crippen molar-refractivity contribution in [3.8, 4) is 0 Å². The number of likely N-dealkylation sites (tertiary alicyclic amines) is 1. The second-order valence-electron chi connectivity index (χ2n) is 9.02. The molecule has 2 saturated heterocycles. The van der Waals surface area contributed by atoms with Crippen molar-refractivity contribution in [1.82, 2.24) is 10.2 Å². The summed E-state index contributed by atoms with van der Waals surface area (Å²) in [6.07, 6.45) is 3.51. The molecule has 1 saturated carbocycles. The molecule has 3 fully saturated rings. The summed E-state index contributed by atoms with van der Waals surface area (Å²) in [4.78, 5) is 14.4. The van der Waals surface area contributed by atoms with Crippen LogP contribution in [0.25, 0.3) is 0 Å². The van der Waals surface area contributed by atoms with Gasteiger partial charge in [-0.15, -0.1) is 0 Å². The lowest BCUT2D eigenvalue weighted by Gasteiger charge is -2.33. The van der Waals surface area contributed by atoms with Gasteiger partial charge < -0.3 is 15.0 Å². The van der Waals surface area contributed by atoms with E-state index in [0.29, 0.717) is 5.41 Å². The van der Waals surface area contributed by atoms with E-state index in [2.05, 4.69) is 33.0 Å². The molecule has 0 bridgehead atoms. The average Bonchev–Trinajstić information content (AvgIpc) is 2.83. The highest BCUT2D eigenvalue weighted by Gasteiger charge is 2.62. The molecule has 22 heavy (non-hydrogen) atoms. The topological polar surface area (TPSA) is 41.6 Å². The number of piperidine rings is 1. The normalized spacial score (nSPS) is 31.0. The van der Waals surface area contributed by atoms with E-state index in [4.69, 9.17) is 4.74 Å². The molecule has 0 aromatic rings. The molecular formula is C18H32N2O2. The van der Waals surface area contributed by atoms with Gasteiger partial charge in [-0.05, 0) is 47.8 Å². The first-order valence-corrected chi connectivity index (χ1v) is 8.90. The van der Waals surface area contributed by atoms with Crippen LogP contribution in [0.5, 0.6) is 0 Å². The smallest absolute Gasteiger partial charge is 0.317 e. The molecule has 0 aromatic carbocycles. The van der Waals surface area contributed by atoms with Gasteiger partial charge in [-0.3, -0.25) is 0 Å². The second kappa shape index (κ2) is 5.70. The van der Waals surface area contributed by atoms with E-state index in [9.17, 15) is 4.79 Å². The second-order valence-corrected chi connectivity index (χ2v) is 9.02. The number of carbonyl (C=O) groups excluding carboxylic acids is 1. The minimum Gasteiger partial charge on any atom is -0.381 e. The number of fused-ring (bicyclic) bond motifs is 1. The highest BCUT2D eigenvalue weighted by molar-refractivity contribution is 5.75. The van der Waals surface area contributed by atoms with Crippen molar-refractivity contribution in [2.45, 2.75) is 47.0 Å². The maximum absolute atomic E-state index is 12.4. The number of nitrogens with one attached hydrogen (secondary N) is 1. The van der Waals surface area contributed by atoms with E-state index in [1.165, 1.54) is 19.3 Å². The third-order valence-corrected chi connectivity index (χ3v) is 6.31. The fourth-order valence-electron chi connectivity index (χ4n) is 4.53. The molecule has 126 valence electrons. The van der Waals surface area contributed by atoms with Gasteiger partial charge in [-0.25, -0.2) is 4.79 Å². The SMILES string of the molecule is CC(C)(CNC(=O)N1C[C@@H]2[C@@H](C1)C2(C)C)CC1CCOCC1. The Morgan fingerprint density at radius 2 is 1.82 bits per heavy atom. The molecule has 1 N–H and O–H groups in total. The van der Waals surface area contributed by atoms with Crippen molar-refractivity contribution in [2.75, 3.05) is 32.8 Å². The monoisotopic (exact) mass is 308 g/mol. The quantitative estimate of drug-likeness (QED) is 0.867. The van der Waals surface area contributed by atoms with Gasteiger partial charge in [0.05, 0.1) is 0 Å². The number of ether oxygens (including phenoxy) is 1. The molecule has 1 aliphatic carbocycles. The average molecular weight is 308 g/mol. The van der Waals surface area contributed by atoms with Gasteiger partial charge in [-0.1, -0.05) is 27.7 Å². The third kappa shape index (κ3) is 3.27. The van der Waals surface area contributed by atoms with Gasteiger partial charge in [-0.2, -0.15) is 0 Å². The lowest BCUT2D eigenvalue weighted by molar-refractivity contribution is 0.0512. The van der Waals surface area contributed by atoms with Crippen LogP contribution in [0.4, 0.5) is 4.79 Å². The molecule has 3 rings (SSSR count). The zero-order chi connectivity index (χ0) is 16.0. The molecule has 2 amide bonds. The Morgan fingerprint density at radius 1 is 1.23 bits per heavy atom. The molecule has 4 heteroatoms. The van der Waals surface area contributed by atoms with Crippen LogP contribution in [0.15, 0.2) is 0 Å². The predicted octanol–water partition coefficient (Wildman–Crippen LogP) is 3.13. The van der Waals surface area contributed by atoms with Crippen molar-refractivity contribution in [1.29, 1.82) is 0 Å². The van der Waals surface area contributed by atoms with Crippen LogP contribution in [-0.4, -0.2) is 43.8 Å². The van der Waals surface area contributed by atoms with Gasteiger partial charge in [0.25, 0.3) is 0 Å². The Morgan fingerprint density at radius 3 is 2.41 bits per heavy atom. The Hall–Kier alpha value is -0.770. The lowest BCUT2D eigenvalue weighted by Crippen LogP contribution is -2.44. The lowest BCUT2D eigenvalue weighted by atomic mass is 9.80. The standard InChI is InChI=1S/C18H32N2O2/c1-17(2,9-13-5-7-22-8-6-13)12-19-16(21)20-10-14-15(11-20)18(14,3)4/h13-15H,5-12H2,1-4H3,(H,19,21)/t14-,15-/m1/s1. The van der Waals surface area contributed by atoms with E-state index in [1.807, 2.05) is 4.90 Å². The summed E-state index contributed by atoms with van der Waals surface area (Å²) in [5.74, 6) is 2.21. The fraction of sp³-hybridized carbons (Fsp3) is 0.944. The molecule has 2 aliphatic heterocycles. The number of hydrogen-bond donors (Lipinski definition) is 1. The molecule has 0 unspecified atom stereocenters. The van der Waals surface area contributed by atoms with Gasteiger partial charge in [0.2, 0.25) is 0 Å². The Bertz CT molecular complexity index is 413. The summed E-state index contributed by atoms with van der Waals surface area (Å²) in [6.45, 7) is 13.7. The molecule has 0 radical (unpaired) electrons. The van der Waals surface area contributed by atoms with Crippen molar-refractivity contribution in [3.63, 3.8) is 0 Å². The highest BCUT2D eigenvalue weighted by atomic mass is 16.5. The van der Waals surface area contributed by atoms with E-state index in [0.717, 1.165) is 50.6 Å². The first-order valence-electron chi connectivity index (χ1n) is 8.90. The zero-order valence-electron chi connectivity index (χ0n) is 14.7. The van der Waals surface area contributed by atoms with E-state index in [-0.39, 0.29) is 11.4 Å². The van der Waals surface area contributed by atoms with Crippen molar-refractivity contribution in [3.05, 3.63) is 0 Å². The van der Waals surface area contributed by atoms with Crippen LogP contribution >= 0.6 is 0 Å². The third-order valence-electron chi connectivity index (χ3n) is 6.31. The summed E-state index contributed by atoms with van der Waals surface area (Å²) in [6, 6.07) is 0.142. The Kier molecular flexibility index (Phi) is 4.17. The Labute approximate surface area is 135 Å².